The van der Waals surface area contributed by atoms with Gasteiger partial charge in [-0.3, -0.25) is 4.57 Å². The number of rotatable bonds is 3. The van der Waals surface area contributed by atoms with Crippen LogP contribution in [0.2, 0.25) is 0 Å². The number of hydrogen-bond donors (Lipinski definition) is 2. The van der Waals surface area contributed by atoms with Crippen LogP contribution in [0.5, 0.6) is 17.2 Å². The van der Waals surface area contributed by atoms with Crippen LogP contribution in [0.4, 0.5) is 0 Å². The van der Waals surface area contributed by atoms with E-state index >= 15 is 0 Å². The number of aromatic hydroxyl groups is 2. The number of fused-ring (bicyclic) bond motifs is 3. The number of benzene rings is 5. The summed E-state index contributed by atoms with van der Waals surface area (Å²) in [6.45, 7) is 2.04. The molecule has 6 rings (SSSR count). The summed E-state index contributed by atoms with van der Waals surface area (Å²) in [6.07, 6.45) is 0. The molecule has 1 aliphatic rings. The summed E-state index contributed by atoms with van der Waals surface area (Å²) >= 11 is 0. The molecular formula is C32H26BO4P. The molecule has 0 amide bonds. The summed E-state index contributed by atoms with van der Waals surface area (Å²) in [5.41, 5.74) is 4.80. The highest BCUT2D eigenvalue weighted by molar-refractivity contribution is 7.68. The van der Waals surface area contributed by atoms with Crippen LogP contribution in [0.25, 0.3) is 11.1 Å². The molecule has 0 aromatic heterocycles. The predicted molar refractivity (Wildman–Crippen MR) is 154 cm³/mol. The first-order valence-electron chi connectivity index (χ1n) is 12.2. The van der Waals surface area contributed by atoms with Gasteiger partial charge in [0.05, 0.1) is 5.30 Å². The van der Waals surface area contributed by atoms with E-state index in [0.29, 0.717) is 11.1 Å². The van der Waals surface area contributed by atoms with E-state index in [4.69, 9.17) is 12.4 Å². The minimum atomic E-state index is -3.48. The van der Waals surface area contributed by atoms with E-state index < -0.39 is 13.0 Å². The Bertz CT molecular complexity index is 1530. The Hall–Kier alpha value is -4.21. The molecule has 0 saturated heterocycles. The normalized spacial score (nSPS) is 15.4. The molecule has 2 N–H and O–H groups in total. The second-order valence-corrected chi connectivity index (χ2v) is 11.6. The third kappa shape index (κ3) is 5.11. The second kappa shape index (κ2) is 10.6. The fourth-order valence-electron chi connectivity index (χ4n) is 4.59. The van der Waals surface area contributed by atoms with Gasteiger partial charge in [-0.05, 0) is 60.0 Å². The van der Waals surface area contributed by atoms with Crippen LogP contribution in [0, 0.1) is 6.92 Å². The number of phenols is 2. The second-order valence-electron chi connectivity index (χ2n) is 9.20. The van der Waals surface area contributed by atoms with Gasteiger partial charge in [-0.1, -0.05) is 96.0 Å². The monoisotopic (exact) mass is 516 g/mol. The first-order chi connectivity index (χ1) is 18.3. The summed E-state index contributed by atoms with van der Waals surface area (Å²) in [5, 5.41) is 20.2. The zero-order chi connectivity index (χ0) is 26.7. The van der Waals surface area contributed by atoms with Crippen molar-refractivity contribution in [2.45, 2.75) is 12.6 Å². The van der Waals surface area contributed by atoms with Crippen LogP contribution < -0.4 is 15.3 Å². The molecule has 0 spiro atoms. The zero-order valence-corrected chi connectivity index (χ0v) is 21.8. The van der Waals surface area contributed by atoms with Gasteiger partial charge in [-0.25, -0.2) is 0 Å². The average molecular weight is 516 g/mol. The summed E-state index contributed by atoms with van der Waals surface area (Å²) in [5.74, 6) is 0.857. The van der Waals surface area contributed by atoms with Crippen molar-refractivity contribution in [3.8, 4) is 28.4 Å². The lowest BCUT2D eigenvalue weighted by molar-refractivity contribution is 0.473. The van der Waals surface area contributed by atoms with E-state index in [9.17, 15) is 14.8 Å². The number of aryl methyl sites for hydroxylation is 1. The van der Waals surface area contributed by atoms with E-state index in [0.717, 1.165) is 27.7 Å². The van der Waals surface area contributed by atoms with E-state index in [2.05, 4.69) is 0 Å². The topological polar surface area (TPSA) is 66.8 Å². The maximum Gasteiger partial charge on any atom is 0.289 e. The fourth-order valence-corrected chi connectivity index (χ4v) is 7.48. The average Bonchev–Trinajstić information content (AvgIpc) is 2.93. The maximum atomic E-state index is 14.7. The van der Waals surface area contributed by atoms with Gasteiger partial charge < -0.3 is 14.7 Å². The maximum absolute atomic E-state index is 14.7. The Kier molecular flexibility index (Phi) is 7.13. The Balaban J connectivity index is 0.000000316. The van der Waals surface area contributed by atoms with Crippen molar-refractivity contribution < 1.29 is 19.3 Å². The third-order valence-electron chi connectivity index (χ3n) is 6.49. The summed E-state index contributed by atoms with van der Waals surface area (Å²) < 4.78 is 21.0. The van der Waals surface area contributed by atoms with Crippen LogP contribution in [-0.4, -0.2) is 18.1 Å². The molecule has 0 bridgehead atoms. The molecular weight excluding hydrogens is 490 g/mol. The molecule has 38 heavy (non-hydrogen) atoms. The van der Waals surface area contributed by atoms with Crippen LogP contribution >= 0.6 is 7.37 Å². The molecule has 186 valence electrons. The van der Waals surface area contributed by atoms with E-state index in [-0.39, 0.29) is 11.5 Å². The highest BCUT2D eigenvalue weighted by Gasteiger charge is 2.44. The van der Waals surface area contributed by atoms with Crippen LogP contribution in [0.15, 0.2) is 121 Å². The lowest BCUT2D eigenvalue weighted by Gasteiger charge is -2.34. The standard InChI is InChI=1S/C25H19O4P.C7H7B/c26-19-13-9-17(10-14-19)25(18-11-15-20(27)16-12-18)30(28)24-8-4-2-6-22(24)21-5-1-3-7-23(21)29-30;1-6-2-4-7(8)5-3-6/h1-16,25-27H;2-5H,1H3. The lowest BCUT2D eigenvalue weighted by Crippen LogP contribution is -2.22. The summed E-state index contributed by atoms with van der Waals surface area (Å²) in [4.78, 5) is 0. The summed E-state index contributed by atoms with van der Waals surface area (Å²) in [7, 11) is 1.94. The van der Waals surface area contributed by atoms with Crippen LogP contribution in [-0.2, 0) is 4.57 Å². The molecule has 2 radical (unpaired) electrons. The van der Waals surface area contributed by atoms with Crippen molar-refractivity contribution in [1.82, 2.24) is 0 Å². The van der Waals surface area contributed by atoms with Gasteiger partial charge >= 0.3 is 0 Å². The molecule has 0 saturated carbocycles. The minimum Gasteiger partial charge on any atom is -0.508 e. The van der Waals surface area contributed by atoms with Gasteiger partial charge in [0.1, 0.15) is 30.8 Å². The van der Waals surface area contributed by atoms with Crippen LogP contribution in [0.1, 0.15) is 22.3 Å². The fraction of sp³-hybridized carbons (Fsp3) is 0.0625. The van der Waals surface area contributed by atoms with Gasteiger partial charge in [-0.2, -0.15) is 0 Å². The van der Waals surface area contributed by atoms with Crippen LogP contribution in [0.3, 0.4) is 0 Å². The van der Waals surface area contributed by atoms with Crippen molar-refractivity contribution in [2.75, 3.05) is 0 Å². The van der Waals surface area contributed by atoms with Gasteiger partial charge in [-0.15, -0.1) is 0 Å². The van der Waals surface area contributed by atoms with Gasteiger partial charge in [0, 0.05) is 5.56 Å². The Labute approximate surface area is 224 Å². The summed E-state index contributed by atoms with van der Waals surface area (Å²) in [6, 6.07) is 36.4. The third-order valence-corrected chi connectivity index (χ3v) is 9.29. The van der Waals surface area contributed by atoms with E-state index in [1.165, 1.54) is 5.56 Å². The molecule has 0 fully saturated rings. The number of phenolic OH excluding ortho intramolecular Hbond substituents is 2. The van der Waals surface area contributed by atoms with Gasteiger partial charge in [0.25, 0.3) is 7.37 Å². The first-order valence-corrected chi connectivity index (χ1v) is 13.9. The van der Waals surface area contributed by atoms with Crippen molar-refractivity contribution in [3.05, 3.63) is 138 Å². The van der Waals surface area contributed by atoms with Crippen molar-refractivity contribution in [3.63, 3.8) is 0 Å². The van der Waals surface area contributed by atoms with E-state index in [1.807, 2.05) is 79.7 Å². The zero-order valence-electron chi connectivity index (χ0n) is 20.9. The van der Waals surface area contributed by atoms with Gasteiger partial charge in [0.2, 0.25) is 0 Å². The SMILES string of the molecule is O=P1(C(c2ccc(O)cc2)c2ccc(O)cc2)Oc2ccccc2-c2ccccc21.[B]c1ccc(C)cc1. The lowest BCUT2D eigenvalue weighted by atomic mass is 9.96. The van der Waals surface area contributed by atoms with Crippen molar-refractivity contribution >= 4 is 26.0 Å². The molecule has 1 atom stereocenters. The molecule has 6 heteroatoms. The largest absolute Gasteiger partial charge is 0.508 e. The first kappa shape index (κ1) is 25.4. The quantitative estimate of drug-likeness (QED) is 0.209. The van der Waals surface area contributed by atoms with Crippen molar-refractivity contribution in [1.29, 1.82) is 0 Å². The minimum absolute atomic E-state index is 0.136. The molecule has 1 aliphatic heterocycles. The highest BCUT2D eigenvalue weighted by Crippen LogP contribution is 2.65. The predicted octanol–water partition coefficient (Wildman–Crippen LogP) is 6.64. The molecule has 5 aromatic rings. The molecule has 4 nitrogen and oxygen atoms in total. The Morgan fingerprint density at radius 1 is 0.658 bits per heavy atom. The molecule has 1 heterocycles. The number of para-hydroxylation sites is 1. The number of hydrogen-bond acceptors (Lipinski definition) is 4. The highest BCUT2D eigenvalue weighted by atomic mass is 31.2. The molecule has 1 unspecified atom stereocenters. The smallest absolute Gasteiger partial charge is 0.289 e. The van der Waals surface area contributed by atoms with Crippen molar-refractivity contribution in [2.24, 2.45) is 0 Å². The van der Waals surface area contributed by atoms with E-state index in [1.54, 1.807) is 48.5 Å². The molecule has 0 aliphatic carbocycles. The Morgan fingerprint density at radius 2 is 1.16 bits per heavy atom. The van der Waals surface area contributed by atoms with Gasteiger partial charge in [0.15, 0.2) is 0 Å². The molecule has 5 aromatic carbocycles. The Morgan fingerprint density at radius 3 is 1.71 bits per heavy atom.